The Balaban J connectivity index is 1.42. The molecule has 0 unspecified atom stereocenters. The molecular weight excluding hydrogens is 392 g/mol. The topological polar surface area (TPSA) is 26.7 Å². The van der Waals surface area contributed by atoms with Gasteiger partial charge in [-0.1, -0.05) is 47.7 Å². The normalized spacial score (nSPS) is 17.0. The fraction of sp³-hybridized carbons (Fsp3) is 0.462. The number of benzene rings is 2. The molecule has 1 aliphatic rings. The van der Waals surface area contributed by atoms with Crippen molar-refractivity contribution in [3.63, 3.8) is 0 Å². The lowest BCUT2D eigenvalue weighted by atomic mass is 9.97. The standard InChI is InChI=1S/C26H33ClN2O/c1-28(19-24-9-7-22(8-10-24)5-2-3-18-30)20-25-6-4-16-29(21-25)17-15-23-11-13-26(27)14-12-23/h7-14,25,30H,3-4,6,15-21H2,1H3/t25-/m0/s1. The number of likely N-dealkylation sites (tertiary alicyclic amines) is 1. The van der Waals surface area contributed by atoms with Gasteiger partial charge in [0.25, 0.3) is 0 Å². The molecule has 0 amide bonds. The zero-order valence-electron chi connectivity index (χ0n) is 18.0. The molecule has 0 aliphatic carbocycles. The maximum Gasteiger partial charge on any atom is 0.0540 e. The van der Waals surface area contributed by atoms with Gasteiger partial charge in [0.05, 0.1) is 6.61 Å². The van der Waals surface area contributed by atoms with Gasteiger partial charge in [-0.3, -0.25) is 0 Å². The second-order valence-electron chi connectivity index (χ2n) is 8.35. The van der Waals surface area contributed by atoms with Gasteiger partial charge in [0.1, 0.15) is 0 Å². The van der Waals surface area contributed by atoms with Crippen molar-refractivity contribution < 1.29 is 5.11 Å². The molecular formula is C26H33ClN2O. The Hall–Kier alpha value is -1.83. The van der Waals surface area contributed by atoms with Gasteiger partial charge in [0.15, 0.2) is 0 Å². The Morgan fingerprint density at radius 2 is 1.83 bits per heavy atom. The van der Waals surface area contributed by atoms with Crippen molar-refractivity contribution in [1.29, 1.82) is 0 Å². The van der Waals surface area contributed by atoms with Crippen LogP contribution in [0.15, 0.2) is 48.5 Å². The molecule has 1 N–H and O–H groups in total. The first kappa shape index (κ1) is 22.8. The van der Waals surface area contributed by atoms with Gasteiger partial charge in [-0.05, 0) is 74.2 Å². The first-order chi connectivity index (χ1) is 14.6. The Morgan fingerprint density at radius 3 is 2.57 bits per heavy atom. The Bertz CT molecular complexity index is 823. The third-order valence-corrected chi connectivity index (χ3v) is 5.93. The third-order valence-electron chi connectivity index (χ3n) is 5.68. The summed E-state index contributed by atoms with van der Waals surface area (Å²) < 4.78 is 0. The molecule has 3 nitrogen and oxygen atoms in total. The molecule has 1 atom stereocenters. The monoisotopic (exact) mass is 424 g/mol. The highest BCUT2D eigenvalue weighted by molar-refractivity contribution is 6.30. The van der Waals surface area contributed by atoms with Crippen LogP contribution in [0, 0.1) is 17.8 Å². The Labute approximate surface area is 186 Å². The van der Waals surface area contributed by atoms with Crippen molar-refractivity contribution in [2.45, 2.75) is 32.2 Å². The first-order valence-corrected chi connectivity index (χ1v) is 11.3. The van der Waals surface area contributed by atoms with E-state index in [4.69, 9.17) is 16.7 Å². The largest absolute Gasteiger partial charge is 0.395 e. The zero-order chi connectivity index (χ0) is 21.2. The van der Waals surface area contributed by atoms with E-state index in [0.717, 1.165) is 42.6 Å². The zero-order valence-corrected chi connectivity index (χ0v) is 18.7. The summed E-state index contributed by atoms with van der Waals surface area (Å²) in [7, 11) is 2.22. The summed E-state index contributed by atoms with van der Waals surface area (Å²) in [6, 6.07) is 16.7. The van der Waals surface area contributed by atoms with Crippen molar-refractivity contribution in [3.8, 4) is 11.8 Å². The number of aliphatic hydroxyl groups excluding tert-OH is 1. The molecule has 1 aliphatic heterocycles. The fourth-order valence-electron chi connectivity index (χ4n) is 4.17. The molecule has 30 heavy (non-hydrogen) atoms. The minimum absolute atomic E-state index is 0.121. The first-order valence-electron chi connectivity index (χ1n) is 11.0. The highest BCUT2D eigenvalue weighted by Crippen LogP contribution is 2.19. The average Bonchev–Trinajstić information content (AvgIpc) is 2.75. The number of nitrogens with zero attached hydrogens (tertiary/aromatic N) is 2. The molecule has 0 radical (unpaired) electrons. The van der Waals surface area contributed by atoms with Crippen LogP contribution < -0.4 is 0 Å². The highest BCUT2D eigenvalue weighted by Gasteiger charge is 2.21. The summed E-state index contributed by atoms with van der Waals surface area (Å²) in [5.41, 5.74) is 3.70. The van der Waals surface area contributed by atoms with Crippen molar-refractivity contribution in [2.75, 3.05) is 39.8 Å². The second kappa shape index (κ2) is 12.1. The summed E-state index contributed by atoms with van der Waals surface area (Å²) in [6.45, 7) is 5.75. The molecule has 0 bridgehead atoms. The maximum absolute atomic E-state index is 8.81. The van der Waals surface area contributed by atoms with E-state index in [-0.39, 0.29) is 6.61 Å². The number of halogens is 1. The predicted molar refractivity (Wildman–Crippen MR) is 126 cm³/mol. The number of hydrogen-bond donors (Lipinski definition) is 1. The summed E-state index contributed by atoms with van der Waals surface area (Å²) in [5.74, 6) is 6.79. The maximum atomic E-state index is 8.81. The lowest BCUT2D eigenvalue weighted by Gasteiger charge is -2.34. The van der Waals surface area contributed by atoms with E-state index < -0.39 is 0 Å². The van der Waals surface area contributed by atoms with Gasteiger partial charge >= 0.3 is 0 Å². The van der Waals surface area contributed by atoms with Crippen LogP contribution in [0.5, 0.6) is 0 Å². The van der Waals surface area contributed by atoms with Crippen molar-refractivity contribution in [2.24, 2.45) is 5.92 Å². The molecule has 1 heterocycles. The number of rotatable bonds is 8. The summed E-state index contributed by atoms with van der Waals surface area (Å²) in [5, 5.41) is 9.62. The van der Waals surface area contributed by atoms with Crippen LogP contribution in [-0.4, -0.2) is 54.7 Å². The van der Waals surface area contributed by atoms with Gasteiger partial charge in [0, 0.05) is 43.2 Å². The quantitative estimate of drug-likeness (QED) is 0.634. The van der Waals surface area contributed by atoms with E-state index >= 15 is 0 Å². The van der Waals surface area contributed by atoms with Gasteiger partial charge in [0.2, 0.25) is 0 Å². The van der Waals surface area contributed by atoms with E-state index in [1.807, 2.05) is 12.1 Å². The van der Waals surface area contributed by atoms with E-state index in [0.29, 0.717) is 6.42 Å². The minimum atomic E-state index is 0.121. The van der Waals surface area contributed by atoms with E-state index in [1.165, 1.54) is 37.1 Å². The molecule has 1 fully saturated rings. The SMILES string of the molecule is CN(Cc1ccc(C#CCCO)cc1)C[C@@H]1CCCN(CCc2ccc(Cl)cc2)C1. The lowest BCUT2D eigenvalue weighted by Crippen LogP contribution is -2.40. The average molecular weight is 425 g/mol. The molecule has 4 heteroatoms. The van der Waals surface area contributed by atoms with Crippen LogP contribution in [0.2, 0.25) is 5.02 Å². The molecule has 2 aromatic rings. The van der Waals surface area contributed by atoms with E-state index in [9.17, 15) is 0 Å². The van der Waals surface area contributed by atoms with Crippen LogP contribution in [-0.2, 0) is 13.0 Å². The van der Waals surface area contributed by atoms with Gasteiger partial charge in [-0.2, -0.15) is 0 Å². The molecule has 160 valence electrons. The second-order valence-corrected chi connectivity index (χ2v) is 8.79. The van der Waals surface area contributed by atoms with Crippen molar-refractivity contribution in [1.82, 2.24) is 9.80 Å². The summed E-state index contributed by atoms with van der Waals surface area (Å²) in [4.78, 5) is 5.07. The predicted octanol–water partition coefficient (Wildman–Crippen LogP) is 4.46. The molecule has 3 rings (SSSR count). The van der Waals surface area contributed by atoms with Crippen LogP contribution in [0.1, 0.15) is 36.0 Å². The fourth-order valence-corrected chi connectivity index (χ4v) is 4.30. The number of hydrogen-bond acceptors (Lipinski definition) is 3. The molecule has 0 aromatic heterocycles. The molecule has 1 saturated heterocycles. The van der Waals surface area contributed by atoms with E-state index in [2.05, 4.69) is 65.1 Å². The van der Waals surface area contributed by atoms with Gasteiger partial charge in [-0.15, -0.1) is 0 Å². The van der Waals surface area contributed by atoms with Crippen LogP contribution >= 0.6 is 11.6 Å². The molecule has 2 aromatic carbocycles. The number of piperidine rings is 1. The van der Waals surface area contributed by atoms with Gasteiger partial charge < -0.3 is 14.9 Å². The Kier molecular flexibility index (Phi) is 9.24. The molecule has 0 spiro atoms. The van der Waals surface area contributed by atoms with Crippen molar-refractivity contribution >= 4 is 11.6 Å². The van der Waals surface area contributed by atoms with E-state index in [1.54, 1.807) is 0 Å². The van der Waals surface area contributed by atoms with Crippen LogP contribution in [0.3, 0.4) is 0 Å². The van der Waals surface area contributed by atoms with Gasteiger partial charge in [-0.25, -0.2) is 0 Å². The third kappa shape index (κ3) is 7.78. The minimum Gasteiger partial charge on any atom is -0.395 e. The summed E-state index contributed by atoms with van der Waals surface area (Å²) in [6.07, 6.45) is 4.23. The number of aliphatic hydroxyl groups is 1. The highest BCUT2D eigenvalue weighted by atomic mass is 35.5. The molecule has 0 saturated carbocycles. The summed E-state index contributed by atoms with van der Waals surface area (Å²) >= 11 is 5.99. The Morgan fingerprint density at radius 1 is 1.10 bits per heavy atom. The van der Waals surface area contributed by atoms with Crippen LogP contribution in [0.4, 0.5) is 0 Å². The smallest absolute Gasteiger partial charge is 0.0540 e. The van der Waals surface area contributed by atoms with Crippen molar-refractivity contribution in [3.05, 3.63) is 70.2 Å². The lowest BCUT2D eigenvalue weighted by molar-refractivity contribution is 0.142. The van der Waals surface area contributed by atoms with Crippen LogP contribution in [0.25, 0.3) is 0 Å².